The Bertz CT molecular complexity index is 862. The highest BCUT2D eigenvalue weighted by atomic mass is 16.6. The maximum absolute atomic E-state index is 12.5. The minimum atomic E-state index is -0.130. The number of benzene rings is 2. The molecule has 0 aliphatic carbocycles. The van der Waals surface area contributed by atoms with Crippen molar-refractivity contribution in [3.05, 3.63) is 53.6 Å². The predicted octanol–water partition coefficient (Wildman–Crippen LogP) is 3.54. The lowest BCUT2D eigenvalue weighted by molar-refractivity contribution is -0.132. The Morgan fingerprint density at radius 2 is 1.89 bits per heavy atom. The third-order valence-corrected chi connectivity index (χ3v) is 4.35. The molecule has 6 heteroatoms. The van der Waals surface area contributed by atoms with Crippen LogP contribution in [0.3, 0.4) is 0 Å². The molecule has 0 unspecified atom stereocenters. The number of likely N-dealkylation sites (N-methyl/N-ethyl adjacent to an activating group) is 1. The Morgan fingerprint density at radius 1 is 1.11 bits per heavy atom. The van der Waals surface area contributed by atoms with Crippen molar-refractivity contribution in [3.8, 4) is 23.0 Å². The Hall–Kier alpha value is -3.15. The van der Waals surface area contributed by atoms with Gasteiger partial charge in [0.05, 0.1) is 7.11 Å². The van der Waals surface area contributed by atoms with Crippen molar-refractivity contribution in [1.82, 2.24) is 4.90 Å². The van der Waals surface area contributed by atoms with E-state index in [1.165, 1.54) is 0 Å². The number of fused-ring (bicyclic) bond motifs is 1. The number of rotatable bonds is 7. The minimum absolute atomic E-state index is 0.0691. The Balaban J connectivity index is 1.59. The van der Waals surface area contributed by atoms with Gasteiger partial charge in [-0.1, -0.05) is 24.3 Å². The van der Waals surface area contributed by atoms with Crippen LogP contribution in [0.25, 0.3) is 6.08 Å². The number of nitrogens with zero attached hydrogens (tertiary/aromatic N) is 1. The van der Waals surface area contributed by atoms with Crippen LogP contribution in [0, 0.1) is 0 Å². The van der Waals surface area contributed by atoms with E-state index < -0.39 is 0 Å². The summed E-state index contributed by atoms with van der Waals surface area (Å²) in [6, 6.07) is 11.3. The van der Waals surface area contributed by atoms with Crippen molar-refractivity contribution in [2.24, 2.45) is 0 Å². The van der Waals surface area contributed by atoms with Crippen LogP contribution in [0.2, 0.25) is 0 Å². The molecule has 2 aromatic carbocycles. The number of allylic oxidation sites excluding steroid dienone is 1. The van der Waals surface area contributed by atoms with E-state index in [1.54, 1.807) is 19.1 Å². The molecule has 0 atom stereocenters. The highest BCUT2D eigenvalue weighted by Gasteiger charge is 2.15. The lowest BCUT2D eigenvalue weighted by Crippen LogP contribution is -2.31. The predicted molar refractivity (Wildman–Crippen MR) is 107 cm³/mol. The SMILES string of the molecule is C/C=C/c1ccc(OCC(=O)N(C)Cc2ccc3c(c2)OCCO3)c(OC)c1. The molecule has 0 saturated carbocycles. The fourth-order valence-corrected chi connectivity index (χ4v) is 2.90. The van der Waals surface area contributed by atoms with Crippen LogP contribution in [-0.4, -0.2) is 44.8 Å². The number of carbonyl (C=O) groups is 1. The first-order chi connectivity index (χ1) is 13.6. The summed E-state index contributed by atoms with van der Waals surface area (Å²) < 4.78 is 22.2. The van der Waals surface area contributed by atoms with E-state index in [1.807, 2.05) is 55.5 Å². The molecule has 1 aliphatic heterocycles. The van der Waals surface area contributed by atoms with Crippen molar-refractivity contribution in [2.45, 2.75) is 13.5 Å². The molecule has 28 heavy (non-hydrogen) atoms. The first kappa shape index (κ1) is 19.6. The van der Waals surface area contributed by atoms with Gasteiger partial charge in [0.15, 0.2) is 29.6 Å². The van der Waals surface area contributed by atoms with E-state index >= 15 is 0 Å². The second kappa shape index (κ2) is 9.17. The molecule has 0 saturated heterocycles. The van der Waals surface area contributed by atoms with Crippen LogP contribution in [0.1, 0.15) is 18.1 Å². The van der Waals surface area contributed by atoms with Gasteiger partial charge < -0.3 is 23.8 Å². The summed E-state index contributed by atoms with van der Waals surface area (Å²) in [5.74, 6) is 2.46. The Morgan fingerprint density at radius 3 is 2.64 bits per heavy atom. The highest BCUT2D eigenvalue weighted by Crippen LogP contribution is 2.31. The second-order valence-electron chi connectivity index (χ2n) is 6.43. The first-order valence-corrected chi connectivity index (χ1v) is 9.16. The first-order valence-electron chi connectivity index (χ1n) is 9.16. The quantitative estimate of drug-likeness (QED) is 0.732. The Kier molecular flexibility index (Phi) is 6.42. The average molecular weight is 383 g/mol. The van der Waals surface area contributed by atoms with E-state index in [9.17, 15) is 4.79 Å². The maximum Gasteiger partial charge on any atom is 0.260 e. The average Bonchev–Trinajstić information content (AvgIpc) is 2.72. The summed E-state index contributed by atoms with van der Waals surface area (Å²) in [5, 5.41) is 0. The van der Waals surface area contributed by atoms with Gasteiger partial charge in [-0.25, -0.2) is 0 Å². The number of hydrogen-bond acceptors (Lipinski definition) is 5. The molecule has 0 spiro atoms. The zero-order valence-corrected chi connectivity index (χ0v) is 16.4. The topological polar surface area (TPSA) is 57.2 Å². The molecule has 148 valence electrons. The van der Waals surface area contributed by atoms with Gasteiger partial charge in [0.2, 0.25) is 0 Å². The molecule has 1 heterocycles. The van der Waals surface area contributed by atoms with Gasteiger partial charge in [0.1, 0.15) is 13.2 Å². The van der Waals surface area contributed by atoms with Crippen molar-refractivity contribution >= 4 is 12.0 Å². The number of ether oxygens (including phenoxy) is 4. The fraction of sp³-hybridized carbons (Fsp3) is 0.318. The monoisotopic (exact) mass is 383 g/mol. The van der Waals surface area contributed by atoms with Crippen molar-refractivity contribution < 1.29 is 23.7 Å². The zero-order chi connectivity index (χ0) is 19.9. The molecular weight excluding hydrogens is 358 g/mol. The summed E-state index contributed by atoms with van der Waals surface area (Å²) >= 11 is 0. The second-order valence-corrected chi connectivity index (χ2v) is 6.43. The van der Waals surface area contributed by atoms with Gasteiger partial charge in [-0.05, 0) is 42.3 Å². The molecular formula is C22H25NO5. The van der Waals surface area contributed by atoms with E-state index in [0.29, 0.717) is 37.0 Å². The molecule has 0 N–H and O–H groups in total. The summed E-state index contributed by atoms with van der Waals surface area (Å²) in [4.78, 5) is 14.1. The smallest absolute Gasteiger partial charge is 0.260 e. The van der Waals surface area contributed by atoms with Crippen LogP contribution in [0.5, 0.6) is 23.0 Å². The number of amides is 1. The molecule has 6 nitrogen and oxygen atoms in total. The molecule has 0 bridgehead atoms. The number of hydrogen-bond donors (Lipinski definition) is 0. The van der Waals surface area contributed by atoms with Crippen molar-refractivity contribution in [1.29, 1.82) is 0 Å². The van der Waals surface area contributed by atoms with Crippen LogP contribution < -0.4 is 18.9 Å². The van der Waals surface area contributed by atoms with Crippen LogP contribution in [-0.2, 0) is 11.3 Å². The van der Waals surface area contributed by atoms with Gasteiger partial charge in [-0.15, -0.1) is 0 Å². The fourth-order valence-electron chi connectivity index (χ4n) is 2.90. The molecule has 1 aliphatic rings. The summed E-state index contributed by atoms with van der Waals surface area (Å²) in [6.45, 7) is 3.43. The lowest BCUT2D eigenvalue weighted by Gasteiger charge is -2.21. The molecule has 3 rings (SSSR count). The van der Waals surface area contributed by atoms with Gasteiger partial charge in [-0.2, -0.15) is 0 Å². The molecule has 0 aromatic heterocycles. The van der Waals surface area contributed by atoms with Crippen LogP contribution in [0.4, 0.5) is 0 Å². The Labute approximate surface area is 165 Å². The largest absolute Gasteiger partial charge is 0.493 e. The summed E-state index contributed by atoms with van der Waals surface area (Å²) in [7, 11) is 3.33. The molecule has 2 aromatic rings. The zero-order valence-electron chi connectivity index (χ0n) is 16.4. The van der Waals surface area contributed by atoms with E-state index in [0.717, 1.165) is 16.9 Å². The third kappa shape index (κ3) is 4.76. The third-order valence-electron chi connectivity index (χ3n) is 4.35. The van der Waals surface area contributed by atoms with Crippen molar-refractivity contribution in [2.75, 3.05) is 34.0 Å². The van der Waals surface area contributed by atoms with Crippen molar-refractivity contribution in [3.63, 3.8) is 0 Å². The van der Waals surface area contributed by atoms with Crippen LogP contribution >= 0.6 is 0 Å². The summed E-state index contributed by atoms with van der Waals surface area (Å²) in [6.07, 6.45) is 3.92. The van der Waals surface area contributed by atoms with Gasteiger partial charge in [0, 0.05) is 13.6 Å². The van der Waals surface area contributed by atoms with E-state index in [-0.39, 0.29) is 12.5 Å². The minimum Gasteiger partial charge on any atom is -0.493 e. The lowest BCUT2D eigenvalue weighted by atomic mass is 10.2. The van der Waals surface area contributed by atoms with Gasteiger partial charge in [-0.3, -0.25) is 4.79 Å². The van der Waals surface area contributed by atoms with Crippen LogP contribution in [0.15, 0.2) is 42.5 Å². The van der Waals surface area contributed by atoms with E-state index in [2.05, 4.69) is 0 Å². The highest BCUT2D eigenvalue weighted by molar-refractivity contribution is 5.77. The van der Waals surface area contributed by atoms with E-state index in [4.69, 9.17) is 18.9 Å². The van der Waals surface area contributed by atoms with Gasteiger partial charge >= 0.3 is 0 Å². The number of carbonyl (C=O) groups excluding carboxylic acids is 1. The molecule has 1 amide bonds. The van der Waals surface area contributed by atoms with Gasteiger partial charge in [0.25, 0.3) is 5.91 Å². The molecule has 0 radical (unpaired) electrons. The summed E-state index contributed by atoms with van der Waals surface area (Å²) in [5.41, 5.74) is 1.97. The number of methoxy groups -OCH3 is 1. The standard InChI is InChI=1S/C22H25NO5/c1-4-5-16-6-8-18(20(12-16)25-3)28-15-22(24)23(2)14-17-7-9-19-21(13-17)27-11-10-26-19/h4-9,12-13H,10-11,14-15H2,1-3H3/b5-4+. The maximum atomic E-state index is 12.5. The molecule has 0 fully saturated rings. The normalized spacial score (nSPS) is 12.7.